The highest BCUT2D eigenvalue weighted by Gasteiger charge is 2.22. The summed E-state index contributed by atoms with van der Waals surface area (Å²) in [5.74, 6) is -0.292. The lowest BCUT2D eigenvalue weighted by Gasteiger charge is -2.07. The van der Waals surface area contributed by atoms with Crippen LogP contribution < -0.4 is 0 Å². The normalized spacial score (nSPS) is 13.6. The summed E-state index contributed by atoms with van der Waals surface area (Å²) >= 11 is 0. The molecule has 0 unspecified atom stereocenters. The fraction of sp³-hybridized carbons (Fsp3) is 0.0476. The van der Waals surface area contributed by atoms with Crippen molar-refractivity contribution in [3.8, 4) is 0 Å². The van der Waals surface area contributed by atoms with Gasteiger partial charge in [-0.25, -0.2) is 4.39 Å². The Morgan fingerprint density at radius 2 is 1.48 bits per heavy atom. The van der Waals surface area contributed by atoms with Gasteiger partial charge in [-0.3, -0.25) is 20.1 Å². The van der Waals surface area contributed by atoms with Gasteiger partial charge in [-0.05, 0) is 53.1 Å². The van der Waals surface area contributed by atoms with Crippen LogP contribution >= 0.6 is 0 Å². The van der Waals surface area contributed by atoms with E-state index in [2.05, 4.69) is 4.98 Å². The Balaban J connectivity index is 1.76. The van der Waals surface area contributed by atoms with Crippen molar-refractivity contribution in [3.05, 3.63) is 106 Å². The molecule has 2 aromatic carbocycles. The molecule has 2 heterocycles. The number of halogens is 1. The molecule has 0 fully saturated rings. The molecule has 4 rings (SSSR count). The standard InChI is InChI=1S/C21H14FN3O2/c22-17-5-1-14(2-6-17)19-13-20(15-3-7-18(8-4-15)25(26)27)24-21(19)16-9-11-23-12-10-16/h1-12H,13H2. The zero-order valence-corrected chi connectivity index (χ0v) is 14.2. The minimum Gasteiger partial charge on any atom is -0.265 e. The van der Waals surface area contributed by atoms with Gasteiger partial charge in [0.2, 0.25) is 0 Å². The first-order valence-corrected chi connectivity index (χ1v) is 8.34. The van der Waals surface area contributed by atoms with Crippen molar-refractivity contribution in [2.75, 3.05) is 0 Å². The van der Waals surface area contributed by atoms with Gasteiger partial charge in [0, 0.05) is 36.5 Å². The molecule has 0 saturated carbocycles. The second kappa shape index (κ2) is 6.92. The number of nitrogens with zero attached hydrogens (tertiary/aromatic N) is 3. The second-order valence-electron chi connectivity index (χ2n) is 6.11. The monoisotopic (exact) mass is 359 g/mol. The van der Waals surface area contributed by atoms with Gasteiger partial charge < -0.3 is 0 Å². The van der Waals surface area contributed by atoms with Gasteiger partial charge >= 0.3 is 0 Å². The maximum Gasteiger partial charge on any atom is 0.269 e. The third-order valence-corrected chi connectivity index (χ3v) is 4.43. The van der Waals surface area contributed by atoms with Gasteiger partial charge in [0.25, 0.3) is 5.69 Å². The molecule has 0 amide bonds. The Bertz CT molecular complexity index is 1060. The van der Waals surface area contributed by atoms with Crippen LogP contribution in [0.4, 0.5) is 10.1 Å². The molecule has 0 spiro atoms. The molecule has 0 radical (unpaired) electrons. The van der Waals surface area contributed by atoms with Crippen LogP contribution in [0.15, 0.2) is 78.0 Å². The molecule has 0 atom stereocenters. The molecule has 0 N–H and O–H groups in total. The highest BCUT2D eigenvalue weighted by molar-refractivity contribution is 6.16. The number of hydrogen-bond donors (Lipinski definition) is 0. The number of hydrogen-bond acceptors (Lipinski definition) is 4. The number of nitro groups is 1. The first-order valence-electron chi connectivity index (χ1n) is 8.34. The van der Waals surface area contributed by atoms with E-state index in [0.29, 0.717) is 6.42 Å². The largest absolute Gasteiger partial charge is 0.269 e. The maximum atomic E-state index is 13.3. The Kier molecular flexibility index (Phi) is 4.30. The van der Waals surface area contributed by atoms with E-state index in [-0.39, 0.29) is 11.5 Å². The number of non-ortho nitro benzene ring substituents is 1. The summed E-state index contributed by atoms with van der Waals surface area (Å²) in [6.45, 7) is 0. The zero-order chi connectivity index (χ0) is 18.8. The molecule has 5 nitrogen and oxygen atoms in total. The van der Waals surface area contributed by atoms with Crippen LogP contribution in [-0.2, 0) is 0 Å². The number of aliphatic imine (C=N–C) groups is 1. The summed E-state index contributed by atoms with van der Waals surface area (Å²) in [4.78, 5) is 19.3. The molecule has 1 aliphatic heterocycles. The van der Waals surface area contributed by atoms with E-state index in [1.165, 1.54) is 24.3 Å². The highest BCUT2D eigenvalue weighted by Crippen LogP contribution is 2.37. The lowest BCUT2D eigenvalue weighted by Crippen LogP contribution is -1.98. The second-order valence-corrected chi connectivity index (χ2v) is 6.11. The van der Waals surface area contributed by atoms with E-state index >= 15 is 0 Å². The van der Waals surface area contributed by atoms with Gasteiger partial charge in [-0.2, -0.15) is 0 Å². The molecule has 1 aromatic heterocycles. The Morgan fingerprint density at radius 3 is 2.11 bits per heavy atom. The molecule has 132 valence electrons. The maximum absolute atomic E-state index is 13.3. The van der Waals surface area contributed by atoms with Crippen LogP contribution in [0.3, 0.4) is 0 Å². The van der Waals surface area contributed by atoms with Gasteiger partial charge in [-0.1, -0.05) is 12.1 Å². The molecule has 0 saturated heterocycles. The average molecular weight is 359 g/mol. The topological polar surface area (TPSA) is 68.4 Å². The zero-order valence-electron chi connectivity index (χ0n) is 14.2. The summed E-state index contributed by atoms with van der Waals surface area (Å²) in [5.41, 5.74) is 5.27. The molecular weight excluding hydrogens is 345 g/mol. The smallest absolute Gasteiger partial charge is 0.265 e. The van der Waals surface area contributed by atoms with Crippen LogP contribution in [0.1, 0.15) is 23.1 Å². The molecule has 6 heteroatoms. The number of benzene rings is 2. The number of nitro benzene ring substituents is 1. The predicted molar refractivity (Wildman–Crippen MR) is 102 cm³/mol. The summed E-state index contributed by atoms with van der Waals surface area (Å²) in [7, 11) is 0. The number of rotatable bonds is 4. The van der Waals surface area contributed by atoms with Gasteiger partial charge in [0.15, 0.2) is 0 Å². The lowest BCUT2D eigenvalue weighted by atomic mass is 9.96. The van der Waals surface area contributed by atoms with Crippen molar-refractivity contribution in [1.29, 1.82) is 0 Å². The Hall–Kier alpha value is -3.67. The third-order valence-electron chi connectivity index (χ3n) is 4.43. The quantitative estimate of drug-likeness (QED) is 0.492. The third kappa shape index (κ3) is 3.37. The van der Waals surface area contributed by atoms with Crippen LogP contribution in [0.25, 0.3) is 11.3 Å². The van der Waals surface area contributed by atoms with Crippen LogP contribution in [0.5, 0.6) is 0 Å². The predicted octanol–water partition coefficient (Wildman–Crippen LogP) is 4.89. The first kappa shape index (κ1) is 16.8. The van der Waals surface area contributed by atoms with E-state index in [4.69, 9.17) is 4.99 Å². The van der Waals surface area contributed by atoms with Crippen LogP contribution in [0.2, 0.25) is 0 Å². The van der Waals surface area contributed by atoms with E-state index in [0.717, 1.165) is 33.7 Å². The number of allylic oxidation sites excluding steroid dienone is 1. The fourth-order valence-corrected chi connectivity index (χ4v) is 3.07. The van der Waals surface area contributed by atoms with Gasteiger partial charge in [0.1, 0.15) is 5.82 Å². The van der Waals surface area contributed by atoms with Crippen molar-refractivity contribution in [2.24, 2.45) is 4.99 Å². The Morgan fingerprint density at radius 1 is 0.852 bits per heavy atom. The van der Waals surface area contributed by atoms with Crippen LogP contribution in [0, 0.1) is 15.9 Å². The fourth-order valence-electron chi connectivity index (χ4n) is 3.07. The molecule has 0 aliphatic carbocycles. The Labute approximate surface area is 154 Å². The first-order chi connectivity index (χ1) is 13.1. The number of aromatic nitrogens is 1. The van der Waals surface area contributed by atoms with Gasteiger partial charge in [-0.15, -0.1) is 0 Å². The van der Waals surface area contributed by atoms with Crippen molar-refractivity contribution in [2.45, 2.75) is 6.42 Å². The SMILES string of the molecule is O=[N+]([O-])c1ccc(C2=NC(c3ccncc3)=C(c3ccc(F)cc3)C2)cc1. The van der Waals surface area contributed by atoms with Gasteiger partial charge in [0.05, 0.1) is 16.3 Å². The summed E-state index contributed by atoms with van der Waals surface area (Å²) < 4.78 is 13.3. The van der Waals surface area contributed by atoms with Crippen molar-refractivity contribution >= 4 is 22.7 Å². The van der Waals surface area contributed by atoms with Crippen molar-refractivity contribution in [1.82, 2.24) is 4.98 Å². The molecular formula is C21H14FN3O2. The van der Waals surface area contributed by atoms with E-state index in [1.54, 1.807) is 36.7 Å². The van der Waals surface area contributed by atoms with E-state index in [9.17, 15) is 14.5 Å². The molecule has 0 bridgehead atoms. The highest BCUT2D eigenvalue weighted by atomic mass is 19.1. The number of pyridine rings is 1. The summed E-state index contributed by atoms with van der Waals surface area (Å²) in [5, 5.41) is 10.9. The van der Waals surface area contributed by atoms with Crippen molar-refractivity contribution in [3.63, 3.8) is 0 Å². The summed E-state index contributed by atoms with van der Waals surface area (Å²) in [6.07, 6.45) is 3.95. The molecule has 3 aromatic rings. The average Bonchev–Trinajstić information content (AvgIpc) is 3.15. The molecule has 27 heavy (non-hydrogen) atoms. The summed E-state index contributed by atoms with van der Waals surface area (Å²) in [6, 6.07) is 16.4. The van der Waals surface area contributed by atoms with E-state index < -0.39 is 4.92 Å². The van der Waals surface area contributed by atoms with Crippen LogP contribution in [-0.4, -0.2) is 15.6 Å². The van der Waals surface area contributed by atoms with E-state index in [1.807, 2.05) is 12.1 Å². The minimum absolute atomic E-state index is 0.0402. The minimum atomic E-state index is -0.426. The molecule has 1 aliphatic rings. The van der Waals surface area contributed by atoms with Crippen molar-refractivity contribution < 1.29 is 9.31 Å². The lowest BCUT2D eigenvalue weighted by molar-refractivity contribution is -0.384.